The van der Waals surface area contributed by atoms with Crippen LogP contribution in [-0.4, -0.2) is 64.2 Å². The van der Waals surface area contributed by atoms with Crippen molar-refractivity contribution in [1.29, 1.82) is 0 Å². The Morgan fingerprint density at radius 1 is 0.773 bits per heavy atom. The highest BCUT2D eigenvalue weighted by atomic mass is 16.6. The smallest absolute Gasteiger partial charge is 0.105 e. The fourth-order valence-corrected chi connectivity index (χ4v) is 1.90. The predicted molar refractivity (Wildman–Crippen MR) is 86.8 cm³/mol. The molecule has 0 aromatic carbocycles. The van der Waals surface area contributed by atoms with E-state index in [4.69, 9.17) is 29.8 Å². The average molecular weight is 321 g/mol. The lowest BCUT2D eigenvalue weighted by atomic mass is 10.1. The number of rotatable bonds is 18. The molecular formula is C16H35NO5. The number of ether oxygens (including phenoxy) is 4. The van der Waals surface area contributed by atoms with Gasteiger partial charge in [-0.05, 0) is 12.8 Å². The second kappa shape index (κ2) is 18.8. The fraction of sp³-hybridized carbons (Fsp3) is 1.00. The molecule has 0 heterocycles. The molecule has 0 aliphatic heterocycles. The zero-order chi connectivity index (χ0) is 16.3. The van der Waals surface area contributed by atoms with E-state index >= 15 is 0 Å². The number of aliphatic hydroxyl groups is 1. The summed E-state index contributed by atoms with van der Waals surface area (Å²) in [7, 11) is 0. The molecule has 134 valence electrons. The lowest BCUT2D eigenvalue weighted by Crippen LogP contribution is -2.25. The maximum absolute atomic E-state index is 8.50. The van der Waals surface area contributed by atoms with Gasteiger partial charge in [-0.25, -0.2) is 0 Å². The van der Waals surface area contributed by atoms with Gasteiger partial charge in [0.05, 0.1) is 52.9 Å². The molecule has 0 saturated carbocycles. The van der Waals surface area contributed by atoms with Crippen LogP contribution in [0.1, 0.15) is 45.4 Å². The molecule has 0 radical (unpaired) electrons. The Balaban J connectivity index is 3.09. The summed E-state index contributed by atoms with van der Waals surface area (Å²) in [5.74, 6) is 0. The molecule has 0 fully saturated rings. The third-order valence-electron chi connectivity index (χ3n) is 3.13. The van der Waals surface area contributed by atoms with E-state index in [-0.39, 0.29) is 12.8 Å². The lowest BCUT2D eigenvalue weighted by Gasteiger charge is -2.13. The van der Waals surface area contributed by atoms with E-state index < -0.39 is 0 Å². The largest absolute Gasteiger partial charge is 0.394 e. The Bertz CT molecular complexity index is 207. The molecular weight excluding hydrogens is 286 g/mol. The first-order valence-electron chi connectivity index (χ1n) is 8.52. The summed E-state index contributed by atoms with van der Waals surface area (Å²) in [5.41, 5.74) is 5.87. The molecule has 22 heavy (non-hydrogen) atoms. The van der Waals surface area contributed by atoms with Crippen molar-refractivity contribution in [2.75, 3.05) is 52.9 Å². The zero-order valence-electron chi connectivity index (χ0n) is 14.1. The fourth-order valence-electron chi connectivity index (χ4n) is 1.90. The van der Waals surface area contributed by atoms with Crippen LogP contribution in [0.5, 0.6) is 0 Å². The van der Waals surface area contributed by atoms with Gasteiger partial charge in [-0.1, -0.05) is 32.6 Å². The maximum Gasteiger partial charge on any atom is 0.105 e. The molecule has 0 aromatic heterocycles. The van der Waals surface area contributed by atoms with Gasteiger partial charge in [-0.2, -0.15) is 0 Å². The highest BCUT2D eigenvalue weighted by Crippen LogP contribution is 2.06. The van der Waals surface area contributed by atoms with Gasteiger partial charge in [0.25, 0.3) is 0 Å². The van der Waals surface area contributed by atoms with Gasteiger partial charge in [0.15, 0.2) is 0 Å². The van der Waals surface area contributed by atoms with E-state index in [0.717, 1.165) is 12.8 Å². The van der Waals surface area contributed by atoms with Crippen LogP contribution in [0.4, 0.5) is 0 Å². The van der Waals surface area contributed by atoms with Gasteiger partial charge >= 0.3 is 0 Å². The first kappa shape index (κ1) is 21.8. The van der Waals surface area contributed by atoms with Gasteiger partial charge in [-0.15, -0.1) is 0 Å². The Kier molecular flexibility index (Phi) is 18.6. The molecule has 6 heteroatoms. The third kappa shape index (κ3) is 17.8. The summed E-state index contributed by atoms with van der Waals surface area (Å²) in [6, 6.07) is 0. The van der Waals surface area contributed by atoms with Crippen LogP contribution in [0.3, 0.4) is 0 Å². The van der Waals surface area contributed by atoms with Crippen molar-refractivity contribution in [3.63, 3.8) is 0 Å². The van der Waals surface area contributed by atoms with Crippen molar-refractivity contribution < 1.29 is 24.1 Å². The molecule has 1 unspecified atom stereocenters. The van der Waals surface area contributed by atoms with Crippen molar-refractivity contribution in [3.05, 3.63) is 0 Å². The minimum atomic E-state index is -0.176. The molecule has 3 N–H and O–H groups in total. The topological polar surface area (TPSA) is 83.2 Å². The lowest BCUT2D eigenvalue weighted by molar-refractivity contribution is -0.0210. The van der Waals surface area contributed by atoms with Crippen molar-refractivity contribution >= 4 is 0 Å². The summed E-state index contributed by atoms with van der Waals surface area (Å²) in [4.78, 5) is 0. The van der Waals surface area contributed by atoms with Gasteiger partial charge in [0.1, 0.15) is 6.23 Å². The summed E-state index contributed by atoms with van der Waals surface area (Å²) in [6.45, 7) is 5.76. The molecule has 0 amide bonds. The zero-order valence-corrected chi connectivity index (χ0v) is 14.1. The Morgan fingerprint density at radius 2 is 1.32 bits per heavy atom. The SMILES string of the molecule is CCCCCCCC(N)OCCOCCOCCOCCO. The summed E-state index contributed by atoms with van der Waals surface area (Å²) in [6.07, 6.45) is 6.97. The van der Waals surface area contributed by atoms with Crippen molar-refractivity contribution in [2.24, 2.45) is 5.73 Å². The number of unbranched alkanes of at least 4 members (excludes halogenated alkanes) is 4. The van der Waals surface area contributed by atoms with Crippen molar-refractivity contribution in [2.45, 2.75) is 51.7 Å². The van der Waals surface area contributed by atoms with Crippen LogP contribution >= 0.6 is 0 Å². The number of hydrogen-bond acceptors (Lipinski definition) is 6. The van der Waals surface area contributed by atoms with Crippen molar-refractivity contribution in [1.82, 2.24) is 0 Å². The highest BCUT2D eigenvalue weighted by Gasteiger charge is 2.02. The van der Waals surface area contributed by atoms with E-state index in [1.807, 2.05) is 0 Å². The Labute approximate surface area is 135 Å². The minimum absolute atomic E-state index is 0.0456. The van der Waals surface area contributed by atoms with Crippen LogP contribution < -0.4 is 5.73 Å². The second-order valence-corrected chi connectivity index (χ2v) is 5.17. The van der Waals surface area contributed by atoms with Crippen LogP contribution in [0.25, 0.3) is 0 Å². The summed E-state index contributed by atoms with van der Waals surface area (Å²) < 4.78 is 21.2. The summed E-state index contributed by atoms with van der Waals surface area (Å²) in [5, 5.41) is 8.50. The van der Waals surface area contributed by atoms with Crippen LogP contribution in [0, 0.1) is 0 Å². The summed E-state index contributed by atoms with van der Waals surface area (Å²) >= 11 is 0. The standard InChI is InChI=1S/C16H35NO5/c1-2-3-4-5-6-7-16(17)22-15-14-21-13-12-20-11-10-19-9-8-18/h16,18H,2-15,17H2,1H3. The first-order valence-corrected chi connectivity index (χ1v) is 8.52. The Hall–Kier alpha value is -0.240. The normalized spacial score (nSPS) is 12.7. The molecule has 1 atom stereocenters. The minimum Gasteiger partial charge on any atom is -0.394 e. The molecule has 0 aliphatic rings. The van der Waals surface area contributed by atoms with Gasteiger partial charge in [0, 0.05) is 0 Å². The molecule has 0 aromatic rings. The van der Waals surface area contributed by atoms with E-state index in [9.17, 15) is 0 Å². The van der Waals surface area contributed by atoms with Crippen LogP contribution in [-0.2, 0) is 18.9 Å². The highest BCUT2D eigenvalue weighted by molar-refractivity contribution is 4.50. The number of nitrogens with two attached hydrogens (primary N) is 1. The average Bonchev–Trinajstić information content (AvgIpc) is 2.52. The molecule has 6 nitrogen and oxygen atoms in total. The number of aliphatic hydroxyl groups excluding tert-OH is 1. The first-order chi connectivity index (χ1) is 10.8. The number of hydrogen-bond donors (Lipinski definition) is 2. The van der Waals surface area contributed by atoms with Gasteiger partial charge in [-0.3, -0.25) is 0 Å². The van der Waals surface area contributed by atoms with E-state index in [2.05, 4.69) is 6.92 Å². The second-order valence-electron chi connectivity index (χ2n) is 5.17. The molecule has 0 bridgehead atoms. The van der Waals surface area contributed by atoms with Gasteiger partial charge < -0.3 is 29.8 Å². The van der Waals surface area contributed by atoms with E-state index in [1.54, 1.807) is 0 Å². The predicted octanol–water partition coefficient (Wildman–Crippen LogP) is 1.69. The molecule has 0 saturated heterocycles. The third-order valence-corrected chi connectivity index (χ3v) is 3.13. The van der Waals surface area contributed by atoms with Crippen LogP contribution in [0.15, 0.2) is 0 Å². The molecule has 0 rings (SSSR count). The van der Waals surface area contributed by atoms with Crippen LogP contribution in [0.2, 0.25) is 0 Å². The van der Waals surface area contributed by atoms with Gasteiger partial charge in [0.2, 0.25) is 0 Å². The monoisotopic (exact) mass is 321 g/mol. The molecule has 0 aliphatic carbocycles. The van der Waals surface area contributed by atoms with E-state index in [0.29, 0.717) is 46.2 Å². The van der Waals surface area contributed by atoms with Crippen molar-refractivity contribution in [3.8, 4) is 0 Å². The van der Waals surface area contributed by atoms with E-state index in [1.165, 1.54) is 25.7 Å². The Morgan fingerprint density at radius 3 is 1.91 bits per heavy atom. The quantitative estimate of drug-likeness (QED) is 0.295. The maximum atomic E-state index is 8.50. The molecule has 0 spiro atoms.